The summed E-state index contributed by atoms with van der Waals surface area (Å²) in [5, 5.41) is 7.08. The molecule has 0 fully saturated rings. The Balaban J connectivity index is 2.35. The summed E-state index contributed by atoms with van der Waals surface area (Å²) in [6, 6.07) is 2.08. The highest BCUT2D eigenvalue weighted by atomic mass is 15.1. The second-order valence-electron chi connectivity index (χ2n) is 4.66. The fraction of sp³-hybridized carbons (Fsp3) is 0.750. The number of aromatic nitrogens is 2. The molecule has 2 heteroatoms. The van der Waals surface area contributed by atoms with E-state index in [1.54, 1.807) is 0 Å². The van der Waals surface area contributed by atoms with Crippen molar-refractivity contribution in [3.63, 3.8) is 0 Å². The van der Waals surface area contributed by atoms with Crippen LogP contribution < -0.4 is 0 Å². The Morgan fingerprint density at radius 1 is 1.29 bits per heavy atom. The van der Waals surface area contributed by atoms with Crippen LogP contribution in [-0.2, 0) is 5.41 Å². The van der Waals surface area contributed by atoms with Crippen molar-refractivity contribution >= 4 is 0 Å². The van der Waals surface area contributed by atoms with Gasteiger partial charge in [-0.05, 0) is 12.5 Å². The summed E-state index contributed by atoms with van der Waals surface area (Å²) in [7, 11) is 0. The van der Waals surface area contributed by atoms with Crippen molar-refractivity contribution in [1.82, 2.24) is 10.2 Å². The summed E-state index contributed by atoms with van der Waals surface area (Å²) in [5.74, 6) is 0. The molecule has 1 aromatic rings. The first kappa shape index (κ1) is 11.3. The minimum atomic E-state index is 0.254. The minimum absolute atomic E-state index is 0.254. The zero-order chi connectivity index (χ0) is 10.4. The van der Waals surface area contributed by atoms with E-state index in [9.17, 15) is 0 Å². The van der Waals surface area contributed by atoms with Crippen LogP contribution >= 0.6 is 0 Å². The summed E-state index contributed by atoms with van der Waals surface area (Å²) in [5.41, 5.74) is 1.51. The Hall–Kier alpha value is -0.790. The van der Waals surface area contributed by atoms with Crippen molar-refractivity contribution in [2.75, 3.05) is 0 Å². The summed E-state index contributed by atoms with van der Waals surface area (Å²) >= 11 is 0. The molecule has 0 atom stereocenters. The molecule has 2 nitrogen and oxygen atoms in total. The maximum atomic E-state index is 4.01. The van der Waals surface area contributed by atoms with Crippen LogP contribution in [0.3, 0.4) is 0 Å². The molecule has 1 heterocycles. The second-order valence-corrected chi connectivity index (χ2v) is 4.66. The van der Waals surface area contributed by atoms with Crippen LogP contribution in [0.2, 0.25) is 0 Å². The van der Waals surface area contributed by atoms with Gasteiger partial charge in [0.1, 0.15) is 0 Å². The van der Waals surface area contributed by atoms with Gasteiger partial charge >= 0.3 is 0 Å². The lowest BCUT2D eigenvalue weighted by atomic mass is 9.84. The highest BCUT2D eigenvalue weighted by Crippen LogP contribution is 2.27. The molecule has 0 aliphatic rings. The van der Waals surface area contributed by atoms with Gasteiger partial charge in [0.05, 0.1) is 0 Å². The number of hydrogen-bond acceptors (Lipinski definition) is 1. The third-order valence-corrected chi connectivity index (χ3v) is 2.89. The Bertz CT molecular complexity index is 237. The third-order valence-electron chi connectivity index (χ3n) is 2.89. The summed E-state index contributed by atoms with van der Waals surface area (Å²) in [6.07, 6.45) is 8.43. The first-order chi connectivity index (χ1) is 6.67. The quantitative estimate of drug-likeness (QED) is 0.688. The van der Waals surface area contributed by atoms with Crippen LogP contribution in [-0.4, -0.2) is 10.2 Å². The molecular formula is C12H22N2. The predicted octanol–water partition coefficient (Wildman–Crippen LogP) is 3.66. The topological polar surface area (TPSA) is 28.7 Å². The number of H-pyrrole nitrogens is 1. The van der Waals surface area contributed by atoms with Crippen LogP contribution in [0.5, 0.6) is 0 Å². The zero-order valence-electron chi connectivity index (χ0n) is 9.64. The molecule has 0 aliphatic heterocycles. The number of nitrogens with one attached hydrogen (secondary N) is 1. The van der Waals surface area contributed by atoms with Gasteiger partial charge in [0.25, 0.3) is 0 Å². The van der Waals surface area contributed by atoms with Crippen molar-refractivity contribution in [3.8, 4) is 0 Å². The molecular weight excluding hydrogens is 172 g/mol. The van der Waals surface area contributed by atoms with E-state index >= 15 is 0 Å². The average molecular weight is 194 g/mol. The maximum absolute atomic E-state index is 4.01. The lowest BCUT2D eigenvalue weighted by Gasteiger charge is -2.22. The number of hydrogen-bond donors (Lipinski definition) is 1. The van der Waals surface area contributed by atoms with Gasteiger partial charge in [-0.3, -0.25) is 5.10 Å². The van der Waals surface area contributed by atoms with Crippen molar-refractivity contribution < 1.29 is 0 Å². The van der Waals surface area contributed by atoms with Gasteiger partial charge in [0.15, 0.2) is 0 Å². The van der Waals surface area contributed by atoms with Gasteiger partial charge in [0.2, 0.25) is 0 Å². The molecule has 0 saturated carbocycles. The second kappa shape index (κ2) is 5.18. The molecule has 1 rings (SSSR count). The number of rotatable bonds is 6. The van der Waals surface area contributed by atoms with E-state index in [1.165, 1.54) is 37.8 Å². The van der Waals surface area contributed by atoms with E-state index in [-0.39, 0.29) is 5.41 Å². The fourth-order valence-corrected chi connectivity index (χ4v) is 1.76. The van der Waals surface area contributed by atoms with E-state index in [1.807, 2.05) is 6.20 Å². The molecule has 1 N–H and O–H groups in total. The van der Waals surface area contributed by atoms with Crippen molar-refractivity contribution in [1.29, 1.82) is 0 Å². The Morgan fingerprint density at radius 3 is 2.64 bits per heavy atom. The zero-order valence-corrected chi connectivity index (χ0v) is 9.64. The van der Waals surface area contributed by atoms with Crippen molar-refractivity contribution in [2.45, 2.75) is 58.3 Å². The van der Waals surface area contributed by atoms with E-state index in [2.05, 4.69) is 37.0 Å². The average Bonchev–Trinajstić information content (AvgIpc) is 2.65. The van der Waals surface area contributed by atoms with E-state index in [0.717, 1.165) is 0 Å². The lowest BCUT2D eigenvalue weighted by molar-refractivity contribution is 0.434. The summed E-state index contributed by atoms with van der Waals surface area (Å²) in [4.78, 5) is 0. The molecule has 1 aromatic heterocycles. The molecule has 80 valence electrons. The standard InChI is InChI=1S/C12H22N2/c1-4-5-6-7-9-12(2,3)11-8-10-13-14-11/h8,10H,4-7,9H2,1-3H3,(H,13,14). The van der Waals surface area contributed by atoms with Crippen LogP contribution in [0.4, 0.5) is 0 Å². The van der Waals surface area contributed by atoms with Gasteiger partial charge in [0, 0.05) is 17.3 Å². The molecule has 0 aliphatic carbocycles. The molecule has 0 spiro atoms. The molecule has 0 aromatic carbocycles. The number of nitrogens with zero attached hydrogens (tertiary/aromatic N) is 1. The van der Waals surface area contributed by atoms with Crippen LogP contribution in [0.1, 0.15) is 58.6 Å². The SMILES string of the molecule is CCCCCCC(C)(C)c1ccn[nH]1. The molecule has 0 bridgehead atoms. The number of aromatic amines is 1. The minimum Gasteiger partial charge on any atom is -0.282 e. The Labute approximate surface area is 87.1 Å². The Morgan fingerprint density at radius 2 is 2.07 bits per heavy atom. The Kier molecular flexibility index (Phi) is 4.18. The van der Waals surface area contributed by atoms with Gasteiger partial charge in [-0.25, -0.2) is 0 Å². The monoisotopic (exact) mass is 194 g/mol. The molecule has 0 saturated heterocycles. The lowest BCUT2D eigenvalue weighted by Crippen LogP contribution is -2.17. The van der Waals surface area contributed by atoms with Gasteiger partial charge in [-0.2, -0.15) is 5.10 Å². The smallest absolute Gasteiger partial charge is 0.0490 e. The molecule has 14 heavy (non-hydrogen) atoms. The van der Waals surface area contributed by atoms with Gasteiger partial charge < -0.3 is 0 Å². The van der Waals surface area contributed by atoms with Crippen molar-refractivity contribution in [3.05, 3.63) is 18.0 Å². The maximum Gasteiger partial charge on any atom is 0.0490 e. The summed E-state index contributed by atoms with van der Waals surface area (Å²) < 4.78 is 0. The van der Waals surface area contributed by atoms with Crippen molar-refractivity contribution in [2.24, 2.45) is 0 Å². The molecule has 0 amide bonds. The normalized spacial score (nSPS) is 11.9. The fourth-order valence-electron chi connectivity index (χ4n) is 1.76. The van der Waals surface area contributed by atoms with Crippen LogP contribution in [0, 0.1) is 0 Å². The predicted molar refractivity (Wildman–Crippen MR) is 60.4 cm³/mol. The number of unbranched alkanes of at least 4 members (excludes halogenated alkanes) is 3. The van der Waals surface area contributed by atoms with Crippen LogP contribution in [0.25, 0.3) is 0 Å². The molecule has 0 unspecified atom stereocenters. The van der Waals surface area contributed by atoms with Gasteiger partial charge in [-0.15, -0.1) is 0 Å². The highest BCUT2D eigenvalue weighted by Gasteiger charge is 2.20. The third kappa shape index (κ3) is 3.17. The largest absolute Gasteiger partial charge is 0.282 e. The van der Waals surface area contributed by atoms with E-state index < -0.39 is 0 Å². The highest BCUT2D eigenvalue weighted by molar-refractivity contribution is 5.11. The first-order valence-electron chi connectivity index (χ1n) is 5.66. The van der Waals surface area contributed by atoms with Gasteiger partial charge in [-0.1, -0.05) is 46.5 Å². The first-order valence-corrected chi connectivity index (χ1v) is 5.66. The van der Waals surface area contributed by atoms with E-state index in [0.29, 0.717) is 0 Å². The molecule has 0 radical (unpaired) electrons. The van der Waals surface area contributed by atoms with Crippen LogP contribution in [0.15, 0.2) is 12.3 Å². The summed E-state index contributed by atoms with van der Waals surface area (Å²) in [6.45, 7) is 6.82. The van der Waals surface area contributed by atoms with E-state index in [4.69, 9.17) is 0 Å².